The smallest absolute Gasteiger partial charge is 0.259 e. The van der Waals surface area contributed by atoms with Crippen LogP contribution in [0.1, 0.15) is 39.0 Å². The van der Waals surface area contributed by atoms with Crippen molar-refractivity contribution in [3.63, 3.8) is 0 Å². The first-order valence-electron chi connectivity index (χ1n) is 10.6. The number of pyridine rings is 1. The van der Waals surface area contributed by atoms with E-state index in [1.165, 1.54) is 4.90 Å². The standard InChI is InChI=1S/C25H26ClN3O3/c1-15-12-28-24(26)11-17(15)9-18-10-21(16(2)19-5-3-4-6-20(18)19)25(31)29(14-27)22-7-8-32-13-23(22)30/h3-6,10-12,14,22-23,27,30H,7-9,13H2,1-2H3/t22-,23-/m0/s1. The number of aliphatic hydroxyl groups is 1. The molecule has 0 bridgehead atoms. The van der Waals surface area contributed by atoms with Crippen molar-refractivity contribution in [1.29, 1.82) is 5.41 Å². The quantitative estimate of drug-likeness (QED) is 0.344. The molecule has 1 saturated heterocycles. The Balaban J connectivity index is 1.81. The van der Waals surface area contributed by atoms with Gasteiger partial charge in [-0.3, -0.25) is 15.1 Å². The lowest BCUT2D eigenvalue weighted by Gasteiger charge is -2.35. The molecule has 1 amide bonds. The molecule has 0 saturated carbocycles. The van der Waals surface area contributed by atoms with Gasteiger partial charge in [-0.25, -0.2) is 4.98 Å². The SMILES string of the molecule is Cc1cnc(Cl)cc1Cc1cc(C(=O)N(C=N)[C@H]2CCOC[C@@H]2O)c(C)c2ccccc12. The zero-order chi connectivity index (χ0) is 22.8. The molecule has 2 aromatic carbocycles. The molecule has 2 atom stereocenters. The van der Waals surface area contributed by atoms with Crippen LogP contribution in [0.5, 0.6) is 0 Å². The van der Waals surface area contributed by atoms with Crippen LogP contribution in [0, 0.1) is 19.3 Å². The molecule has 166 valence electrons. The Morgan fingerprint density at radius 3 is 2.75 bits per heavy atom. The summed E-state index contributed by atoms with van der Waals surface area (Å²) in [5, 5.41) is 20.8. The predicted molar refractivity (Wildman–Crippen MR) is 126 cm³/mol. The van der Waals surface area contributed by atoms with Crippen LogP contribution in [-0.2, 0) is 11.2 Å². The number of amides is 1. The molecule has 1 aromatic heterocycles. The summed E-state index contributed by atoms with van der Waals surface area (Å²) in [7, 11) is 0. The van der Waals surface area contributed by atoms with Gasteiger partial charge < -0.3 is 9.84 Å². The molecule has 6 nitrogen and oxygen atoms in total. The maximum Gasteiger partial charge on any atom is 0.259 e. The molecule has 4 rings (SSSR count). The van der Waals surface area contributed by atoms with Gasteiger partial charge >= 0.3 is 0 Å². The van der Waals surface area contributed by atoms with E-state index >= 15 is 0 Å². The minimum Gasteiger partial charge on any atom is -0.389 e. The number of carbonyl (C=O) groups is 1. The fourth-order valence-corrected chi connectivity index (χ4v) is 4.56. The van der Waals surface area contributed by atoms with E-state index in [0.29, 0.717) is 30.2 Å². The molecule has 32 heavy (non-hydrogen) atoms. The van der Waals surface area contributed by atoms with E-state index in [-0.39, 0.29) is 12.5 Å². The molecular formula is C25H26ClN3O3. The Hall–Kier alpha value is -2.80. The van der Waals surface area contributed by atoms with Crippen LogP contribution in [0.15, 0.2) is 42.6 Å². The molecule has 0 unspecified atom stereocenters. The molecule has 0 spiro atoms. The number of hydrogen-bond donors (Lipinski definition) is 2. The number of aryl methyl sites for hydroxylation is 2. The van der Waals surface area contributed by atoms with E-state index in [1.54, 1.807) is 6.20 Å². The van der Waals surface area contributed by atoms with E-state index in [4.69, 9.17) is 21.7 Å². The number of fused-ring (bicyclic) bond motifs is 1. The molecule has 3 aromatic rings. The van der Waals surface area contributed by atoms with E-state index in [1.807, 2.05) is 44.2 Å². The maximum atomic E-state index is 13.6. The van der Waals surface area contributed by atoms with Crippen molar-refractivity contribution in [3.8, 4) is 0 Å². The number of rotatable bonds is 5. The van der Waals surface area contributed by atoms with Gasteiger partial charge in [0.05, 0.1) is 25.1 Å². The summed E-state index contributed by atoms with van der Waals surface area (Å²) in [6.07, 6.45) is 3.03. The maximum absolute atomic E-state index is 13.6. The van der Waals surface area contributed by atoms with Crippen molar-refractivity contribution in [2.75, 3.05) is 13.2 Å². The summed E-state index contributed by atoms with van der Waals surface area (Å²) >= 11 is 6.14. The van der Waals surface area contributed by atoms with Crippen LogP contribution in [0.25, 0.3) is 10.8 Å². The van der Waals surface area contributed by atoms with Gasteiger partial charge in [0.15, 0.2) is 0 Å². The van der Waals surface area contributed by atoms with Crippen LogP contribution in [0.2, 0.25) is 5.15 Å². The van der Waals surface area contributed by atoms with Crippen LogP contribution < -0.4 is 0 Å². The van der Waals surface area contributed by atoms with Gasteiger partial charge in [0.1, 0.15) is 5.15 Å². The van der Waals surface area contributed by atoms with Crippen LogP contribution in [0.4, 0.5) is 0 Å². The number of ether oxygens (including phenoxy) is 1. The van der Waals surface area contributed by atoms with Gasteiger partial charge in [0.2, 0.25) is 0 Å². The topological polar surface area (TPSA) is 86.5 Å². The Labute approximate surface area is 192 Å². The van der Waals surface area contributed by atoms with E-state index in [2.05, 4.69) is 11.1 Å². The van der Waals surface area contributed by atoms with Gasteiger partial charge in [-0.05, 0) is 71.8 Å². The lowest BCUT2D eigenvalue weighted by molar-refractivity contribution is -0.0440. The van der Waals surface area contributed by atoms with Gasteiger partial charge in [-0.15, -0.1) is 0 Å². The largest absolute Gasteiger partial charge is 0.389 e. The molecule has 1 aliphatic rings. The Kier molecular flexibility index (Phi) is 6.55. The number of halogens is 1. The number of carbonyl (C=O) groups excluding carboxylic acids is 1. The Bertz CT molecular complexity index is 1180. The number of aromatic nitrogens is 1. The van der Waals surface area contributed by atoms with Crippen LogP contribution >= 0.6 is 11.6 Å². The molecule has 1 aliphatic heterocycles. The Morgan fingerprint density at radius 2 is 2.03 bits per heavy atom. The third-order valence-electron chi connectivity index (χ3n) is 6.21. The highest BCUT2D eigenvalue weighted by molar-refractivity contribution is 6.29. The predicted octanol–water partition coefficient (Wildman–Crippen LogP) is 4.29. The molecular weight excluding hydrogens is 426 g/mol. The molecule has 1 fully saturated rings. The van der Waals surface area contributed by atoms with Gasteiger partial charge in [0.25, 0.3) is 5.91 Å². The minimum absolute atomic E-state index is 0.159. The highest BCUT2D eigenvalue weighted by Gasteiger charge is 2.33. The lowest BCUT2D eigenvalue weighted by atomic mass is 9.90. The summed E-state index contributed by atoms with van der Waals surface area (Å²) in [5.74, 6) is -0.292. The van der Waals surface area contributed by atoms with Gasteiger partial charge in [-0.1, -0.05) is 35.9 Å². The fourth-order valence-electron chi connectivity index (χ4n) is 4.38. The van der Waals surface area contributed by atoms with Crippen molar-refractivity contribution in [1.82, 2.24) is 9.88 Å². The minimum atomic E-state index is -0.823. The highest BCUT2D eigenvalue weighted by Crippen LogP contribution is 2.30. The average Bonchev–Trinajstić information content (AvgIpc) is 2.79. The molecule has 7 heteroatoms. The summed E-state index contributed by atoms with van der Waals surface area (Å²) in [5.41, 5.74) is 4.45. The summed E-state index contributed by atoms with van der Waals surface area (Å²) in [4.78, 5) is 19.1. The zero-order valence-corrected chi connectivity index (χ0v) is 18.9. The first-order chi connectivity index (χ1) is 15.4. The first-order valence-corrected chi connectivity index (χ1v) is 11.0. The summed E-state index contributed by atoms with van der Waals surface area (Å²) < 4.78 is 5.30. The van der Waals surface area contributed by atoms with E-state index in [0.717, 1.165) is 39.4 Å². The summed E-state index contributed by atoms with van der Waals surface area (Å²) in [6.45, 7) is 4.52. The molecule has 0 radical (unpaired) electrons. The number of nitrogens with zero attached hydrogens (tertiary/aromatic N) is 2. The first kappa shape index (κ1) is 22.4. The fraction of sp³-hybridized carbons (Fsp3) is 0.320. The number of benzene rings is 2. The summed E-state index contributed by atoms with van der Waals surface area (Å²) in [6, 6.07) is 11.3. The number of aliphatic hydroxyl groups excluding tert-OH is 1. The van der Waals surface area contributed by atoms with Crippen molar-refractivity contribution in [2.45, 2.75) is 38.8 Å². The average molecular weight is 452 g/mol. The number of hydrogen-bond acceptors (Lipinski definition) is 5. The second kappa shape index (κ2) is 9.36. The van der Waals surface area contributed by atoms with Crippen LogP contribution in [0.3, 0.4) is 0 Å². The van der Waals surface area contributed by atoms with Crippen molar-refractivity contribution >= 4 is 34.6 Å². The zero-order valence-electron chi connectivity index (χ0n) is 18.1. The third kappa shape index (κ3) is 4.26. The van der Waals surface area contributed by atoms with Crippen molar-refractivity contribution in [3.05, 3.63) is 75.6 Å². The van der Waals surface area contributed by atoms with E-state index in [9.17, 15) is 9.90 Å². The second-order valence-corrected chi connectivity index (χ2v) is 8.59. The normalized spacial score (nSPS) is 18.5. The monoisotopic (exact) mass is 451 g/mol. The highest BCUT2D eigenvalue weighted by atomic mass is 35.5. The van der Waals surface area contributed by atoms with Gasteiger partial charge in [-0.2, -0.15) is 0 Å². The van der Waals surface area contributed by atoms with Crippen molar-refractivity contribution in [2.24, 2.45) is 0 Å². The van der Waals surface area contributed by atoms with Gasteiger partial charge in [0, 0.05) is 18.4 Å². The molecule has 2 N–H and O–H groups in total. The molecule has 0 aliphatic carbocycles. The second-order valence-electron chi connectivity index (χ2n) is 8.20. The lowest BCUT2D eigenvalue weighted by Crippen LogP contribution is -2.50. The number of nitrogens with one attached hydrogen (secondary N) is 1. The van der Waals surface area contributed by atoms with Crippen LogP contribution in [-0.4, -0.2) is 52.6 Å². The van der Waals surface area contributed by atoms with E-state index < -0.39 is 12.1 Å². The third-order valence-corrected chi connectivity index (χ3v) is 6.42. The Morgan fingerprint density at radius 1 is 1.28 bits per heavy atom. The van der Waals surface area contributed by atoms with Crippen molar-refractivity contribution < 1.29 is 14.6 Å². The molecule has 2 heterocycles.